The van der Waals surface area contributed by atoms with Crippen LogP contribution in [0.15, 0.2) is 16.6 Å². The molecule has 120 valence electrons. The van der Waals surface area contributed by atoms with Crippen molar-refractivity contribution in [1.82, 2.24) is 5.32 Å². The van der Waals surface area contributed by atoms with Gasteiger partial charge in [0, 0.05) is 29.2 Å². The Morgan fingerprint density at radius 1 is 1.19 bits per heavy atom. The van der Waals surface area contributed by atoms with Crippen LogP contribution in [-0.2, 0) is 11.3 Å². The van der Waals surface area contributed by atoms with Crippen molar-refractivity contribution >= 4 is 15.9 Å². The molecule has 0 aromatic heterocycles. The van der Waals surface area contributed by atoms with Gasteiger partial charge >= 0.3 is 0 Å². The molecule has 0 unspecified atom stereocenters. The minimum Gasteiger partial charge on any atom is -0.491 e. The van der Waals surface area contributed by atoms with Gasteiger partial charge in [-0.25, -0.2) is 0 Å². The van der Waals surface area contributed by atoms with Crippen LogP contribution >= 0.6 is 15.9 Å². The number of hydrogen-bond donors (Lipinski definition) is 1. The van der Waals surface area contributed by atoms with Gasteiger partial charge in [-0.1, -0.05) is 43.1 Å². The van der Waals surface area contributed by atoms with Crippen LogP contribution in [0.3, 0.4) is 0 Å². The Kier molecular flexibility index (Phi) is 8.97. The van der Waals surface area contributed by atoms with Crippen molar-refractivity contribution in [2.45, 2.75) is 53.1 Å². The van der Waals surface area contributed by atoms with E-state index < -0.39 is 0 Å². The standard InChI is InChI=1S/C17H28BrNO2/c1-5-6-7-20-8-9-21-17-14(4)10-16(18)11-15(17)12-19-13(2)3/h10-11,13,19H,5-9,12H2,1-4H3. The SMILES string of the molecule is CCCCOCCOc1c(C)cc(Br)cc1CNC(C)C. The van der Waals surface area contributed by atoms with Gasteiger partial charge < -0.3 is 14.8 Å². The topological polar surface area (TPSA) is 30.5 Å². The molecule has 0 atom stereocenters. The molecule has 0 aliphatic carbocycles. The zero-order valence-corrected chi connectivity index (χ0v) is 15.3. The van der Waals surface area contributed by atoms with Gasteiger partial charge in [-0.05, 0) is 31.0 Å². The summed E-state index contributed by atoms with van der Waals surface area (Å²) >= 11 is 3.56. The third kappa shape index (κ3) is 7.30. The lowest BCUT2D eigenvalue weighted by Gasteiger charge is -2.17. The van der Waals surface area contributed by atoms with E-state index in [0.29, 0.717) is 19.3 Å². The average molecular weight is 358 g/mol. The van der Waals surface area contributed by atoms with Crippen LogP contribution in [0, 0.1) is 6.92 Å². The second-order valence-electron chi connectivity index (χ2n) is 5.56. The molecule has 0 bridgehead atoms. The maximum atomic E-state index is 5.95. The van der Waals surface area contributed by atoms with E-state index in [1.54, 1.807) is 0 Å². The van der Waals surface area contributed by atoms with Crippen LogP contribution in [0.2, 0.25) is 0 Å². The molecule has 0 aliphatic heterocycles. The summed E-state index contributed by atoms with van der Waals surface area (Å²) in [6.45, 7) is 11.4. The first kappa shape index (κ1) is 18.5. The van der Waals surface area contributed by atoms with E-state index >= 15 is 0 Å². The van der Waals surface area contributed by atoms with Crippen molar-refractivity contribution < 1.29 is 9.47 Å². The van der Waals surface area contributed by atoms with E-state index in [0.717, 1.165) is 41.8 Å². The van der Waals surface area contributed by atoms with Crippen molar-refractivity contribution in [2.75, 3.05) is 19.8 Å². The van der Waals surface area contributed by atoms with Crippen LogP contribution in [0.25, 0.3) is 0 Å². The molecule has 1 N–H and O–H groups in total. The second-order valence-corrected chi connectivity index (χ2v) is 6.48. The molecule has 0 fully saturated rings. The number of halogens is 1. The van der Waals surface area contributed by atoms with Crippen LogP contribution < -0.4 is 10.1 Å². The third-order valence-corrected chi connectivity index (χ3v) is 3.59. The molecule has 0 heterocycles. The Bertz CT molecular complexity index is 421. The van der Waals surface area contributed by atoms with Crippen molar-refractivity contribution in [3.63, 3.8) is 0 Å². The van der Waals surface area contributed by atoms with E-state index in [9.17, 15) is 0 Å². The van der Waals surface area contributed by atoms with E-state index in [1.807, 2.05) is 0 Å². The van der Waals surface area contributed by atoms with E-state index in [2.05, 4.69) is 61.1 Å². The highest BCUT2D eigenvalue weighted by Crippen LogP contribution is 2.28. The highest BCUT2D eigenvalue weighted by atomic mass is 79.9. The Morgan fingerprint density at radius 3 is 2.62 bits per heavy atom. The zero-order chi connectivity index (χ0) is 15.7. The Morgan fingerprint density at radius 2 is 1.95 bits per heavy atom. The summed E-state index contributed by atoms with van der Waals surface area (Å²) in [6.07, 6.45) is 2.28. The van der Waals surface area contributed by atoms with Crippen molar-refractivity contribution in [2.24, 2.45) is 0 Å². The van der Waals surface area contributed by atoms with Crippen LogP contribution in [-0.4, -0.2) is 25.9 Å². The molecule has 4 heteroatoms. The lowest BCUT2D eigenvalue weighted by Crippen LogP contribution is -2.22. The lowest BCUT2D eigenvalue weighted by atomic mass is 10.1. The molecule has 0 saturated heterocycles. The summed E-state index contributed by atoms with van der Waals surface area (Å²) in [6, 6.07) is 4.66. The number of nitrogens with one attached hydrogen (secondary N) is 1. The lowest BCUT2D eigenvalue weighted by molar-refractivity contribution is 0.0974. The van der Waals surface area contributed by atoms with Gasteiger partial charge in [0.15, 0.2) is 0 Å². The molecule has 0 aliphatic rings. The average Bonchev–Trinajstić information content (AvgIpc) is 2.42. The smallest absolute Gasteiger partial charge is 0.126 e. The summed E-state index contributed by atoms with van der Waals surface area (Å²) in [7, 11) is 0. The van der Waals surface area contributed by atoms with E-state index in [-0.39, 0.29) is 0 Å². The summed E-state index contributed by atoms with van der Waals surface area (Å²) in [5, 5.41) is 3.44. The summed E-state index contributed by atoms with van der Waals surface area (Å²) < 4.78 is 12.6. The van der Waals surface area contributed by atoms with Gasteiger partial charge in [-0.15, -0.1) is 0 Å². The zero-order valence-electron chi connectivity index (χ0n) is 13.7. The molecule has 0 amide bonds. The van der Waals surface area contributed by atoms with Gasteiger partial charge in [0.1, 0.15) is 12.4 Å². The molecule has 0 saturated carbocycles. The second kappa shape index (κ2) is 10.2. The maximum Gasteiger partial charge on any atom is 0.126 e. The predicted molar refractivity (Wildman–Crippen MR) is 92.1 cm³/mol. The maximum absolute atomic E-state index is 5.95. The number of benzene rings is 1. The molecule has 3 nitrogen and oxygen atoms in total. The van der Waals surface area contributed by atoms with Gasteiger partial charge in [-0.3, -0.25) is 0 Å². The largest absolute Gasteiger partial charge is 0.491 e. The van der Waals surface area contributed by atoms with Gasteiger partial charge in [0.25, 0.3) is 0 Å². The van der Waals surface area contributed by atoms with Crippen molar-refractivity contribution in [3.05, 3.63) is 27.7 Å². The number of rotatable bonds is 10. The quantitative estimate of drug-likeness (QED) is 0.627. The van der Waals surface area contributed by atoms with Gasteiger partial charge in [-0.2, -0.15) is 0 Å². The Labute approximate surface area is 137 Å². The molecule has 1 rings (SSSR count). The van der Waals surface area contributed by atoms with Crippen molar-refractivity contribution in [3.8, 4) is 5.75 Å². The Hall–Kier alpha value is -0.580. The highest BCUT2D eigenvalue weighted by Gasteiger charge is 2.09. The fourth-order valence-electron chi connectivity index (χ4n) is 2.00. The number of hydrogen-bond acceptors (Lipinski definition) is 3. The number of unbranched alkanes of at least 4 members (excludes halogenated alkanes) is 1. The summed E-state index contributed by atoms with van der Waals surface area (Å²) in [4.78, 5) is 0. The molecule has 21 heavy (non-hydrogen) atoms. The molecule has 0 spiro atoms. The van der Waals surface area contributed by atoms with Crippen LogP contribution in [0.1, 0.15) is 44.7 Å². The molecular weight excluding hydrogens is 330 g/mol. The van der Waals surface area contributed by atoms with Gasteiger partial charge in [0.2, 0.25) is 0 Å². The highest BCUT2D eigenvalue weighted by molar-refractivity contribution is 9.10. The molecule has 0 radical (unpaired) electrons. The predicted octanol–water partition coefficient (Wildman–Crippen LogP) is 4.45. The van der Waals surface area contributed by atoms with Crippen LogP contribution in [0.4, 0.5) is 0 Å². The molecule has 1 aromatic rings. The first-order valence-corrected chi connectivity index (χ1v) is 8.56. The summed E-state index contributed by atoms with van der Waals surface area (Å²) in [5.41, 5.74) is 2.34. The van der Waals surface area contributed by atoms with E-state index in [4.69, 9.17) is 9.47 Å². The summed E-state index contributed by atoms with van der Waals surface area (Å²) in [5.74, 6) is 0.977. The minimum atomic E-state index is 0.453. The normalized spacial score (nSPS) is 11.1. The minimum absolute atomic E-state index is 0.453. The fraction of sp³-hybridized carbons (Fsp3) is 0.647. The molecule has 1 aromatic carbocycles. The van der Waals surface area contributed by atoms with E-state index in [1.165, 1.54) is 5.56 Å². The number of ether oxygens (including phenoxy) is 2. The number of aryl methyl sites for hydroxylation is 1. The van der Waals surface area contributed by atoms with Crippen LogP contribution in [0.5, 0.6) is 5.75 Å². The fourth-order valence-corrected chi connectivity index (χ4v) is 2.62. The van der Waals surface area contributed by atoms with Gasteiger partial charge in [0.05, 0.1) is 6.61 Å². The monoisotopic (exact) mass is 357 g/mol. The molecular formula is C17H28BrNO2. The first-order valence-electron chi connectivity index (χ1n) is 7.77. The first-order chi connectivity index (χ1) is 10.0. The van der Waals surface area contributed by atoms with Crippen molar-refractivity contribution in [1.29, 1.82) is 0 Å². The Balaban J connectivity index is 2.57. The third-order valence-electron chi connectivity index (χ3n) is 3.13.